The van der Waals surface area contributed by atoms with Crippen LogP contribution >= 0.6 is 0 Å². The summed E-state index contributed by atoms with van der Waals surface area (Å²) in [5, 5.41) is 3.48. The maximum absolute atomic E-state index is 5.29. The molecule has 3 nitrogen and oxygen atoms in total. The number of hydrogen-bond acceptors (Lipinski definition) is 3. The summed E-state index contributed by atoms with van der Waals surface area (Å²) in [5.74, 6) is 2.37. The molecular weight excluding hydrogens is 224 g/mol. The van der Waals surface area contributed by atoms with Crippen LogP contribution in [0.1, 0.15) is 18.4 Å². The Morgan fingerprint density at radius 3 is 3.11 bits per heavy atom. The summed E-state index contributed by atoms with van der Waals surface area (Å²) in [6, 6.07) is 2.04. The van der Waals surface area contributed by atoms with Gasteiger partial charge in [-0.05, 0) is 55.0 Å². The molecule has 0 aromatic carbocycles. The van der Waals surface area contributed by atoms with Crippen LogP contribution in [0, 0.1) is 11.8 Å². The Hall–Kier alpha value is -1.61. The Kier molecular flexibility index (Phi) is 3.15. The molecule has 1 aromatic heterocycles. The second-order valence-electron chi connectivity index (χ2n) is 5.04. The summed E-state index contributed by atoms with van der Waals surface area (Å²) in [5.41, 5.74) is 2.58. The Morgan fingerprint density at radius 1 is 1.33 bits per heavy atom. The number of nitrogens with one attached hydrogen (secondary N) is 1. The molecule has 0 saturated carbocycles. The number of pyridine rings is 1. The van der Waals surface area contributed by atoms with Crippen molar-refractivity contribution in [1.29, 1.82) is 0 Å². The van der Waals surface area contributed by atoms with E-state index in [1.807, 2.05) is 12.3 Å². The van der Waals surface area contributed by atoms with Crippen LogP contribution in [0.15, 0.2) is 37.4 Å². The topological polar surface area (TPSA) is 34.1 Å². The third-order valence-corrected chi connectivity index (χ3v) is 3.93. The third kappa shape index (κ3) is 2.18. The normalized spacial score (nSPS) is 26.3. The van der Waals surface area contributed by atoms with E-state index in [2.05, 4.69) is 23.0 Å². The molecule has 1 saturated heterocycles. The molecule has 0 bridgehead atoms. The van der Waals surface area contributed by atoms with Crippen LogP contribution < -0.4 is 10.1 Å². The van der Waals surface area contributed by atoms with Gasteiger partial charge in [-0.1, -0.05) is 12.7 Å². The number of aromatic nitrogens is 1. The van der Waals surface area contributed by atoms with Crippen molar-refractivity contribution in [3.8, 4) is 5.75 Å². The van der Waals surface area contributed by atoms with Gasteiger partial charge in [0.25, 0.3) is 0 Å². The molecule has 0 radical (unpaired) electrons. The maximum atomic E-state index is 5.29. The first-order valence-electron chi connectivity index (χ1n) is 6.49. The zero-order valence-electron chi connectivity index (χ0n) is 10.4. The SMILES string of the molecule is C=COc1cncc(C2=CC[C@@H]3CNC[C@@H]3C2)c1. The van der Waals surface area contributed by atoms with Gasteiger partial charge in [0.05, 0.1) is 12.5 Å². The number of fused-ring (bicyclic) bond motifs is 1. The maximum Gasteiger partial charge on any atom is 0.145 e. The molecule has 94 valence electrons. The average molecular weight is 242 g/mol. The van der Waals surface area contributed by atoms with Crippen molar-refractivity contribution in [2.45, 2.75) is 12.8 Å². The fourth-order valence-corrected chi connectivity index (χ4v) is 2.95. The van der Waals surface area contributed by atoms with Crippen molar-refractivity contribution >= 4 is 5.57 Å². The monoisotopic (exact) mass is 242 g/mol. The standard InChI is InChI=1S/C15H18N2O/c1-2-18-15-6-14(9-17-10-15)11-3-4-12-7-16-8-13(12)5-11/h2-3,6,9-10,12-13,16H,1,4-5,7-8H2/t12-,13+/m1/s1. The van der Waals surface area contributed by atoms with E-state index in [4.69, 9.17) is 4.74 Å². The van der Waals surface area contributed by atoms with Crippen LogP contribution in [0.2, 0.25) is 0 Å². The number of nitrogens with zero attached hydrogens (tertiary/aromatic N) is 1. The summed E-state index contributed by atoms with van der Waals surface area (Å²) >= 11 is 0. The molecule has 2 atom stereocenters. The molecule has 1 aromatic rings. The van der Waals surface area contributed by atoms with Crippen LogP contribution in [-0.2, 0) is 0 Å². The molecular formula is C15H18N2O. The number of ether oxygens (including phenoxy) is 1. The van der Waals surface area contributed by atoms with Gasteiger partial charge in [-0.25, -0.2) is 0 Å². The van der Waals surface area contributed by atoms with Crippen molar-refractivity contribution in [3.63, 3.8) is 0 Å². The molecule has 2 heterocycles. The summed E-state index contributed by atoms with van der Waals surface area (Å²) in [6.07, 6.45) is 9.77. The Balaban J connectivity index is 1.82. The van der Waals surface area contributed by atoms with Gasteiger partial charge in [-0.15, -0.1) is 0 Å². The zero-order chi connectivity index (χ0) is 12.4. The first kappa shape index (κ1) is 11.5. The molecule has 2 aliphatic rings. The molecule has 1 fully saturated rings. The average Bonchev–Trinajstić information content (AvgIpc) is 2.86. The summed E-state index contributed by atoms with van der Waals surface area (Å²) in [4.78, 5) is 4.23. The van der Waals surface area contributed by atoms with E-state index >= 15 is 0 Å². The molecule has 0 unspecified atom stereocenters. The number of hydrogen-bond donors (Lipinski definition) is 1. The predicted octanol–water partition coefficient (Wildman–Crippen LogP) is 2.62. The van der Waals surface area contributed by atoms with E-state index in [-0.39, 0.29) is 0 Å². The van der Waals surface area contributed by atoms with E-state index in [1.54, 1.807) is 6.20 Å². The molecule has 0 spiro atoms. The second kappa shape index (κ2) is 4.94. The Bertz CT molecular complexity index is 481. The fraction of sp³-hybridized carbons (Fsp3) is 0.400. The second-order valence-corrected chi connectivity index (χ2v) is 5.04. The molecule has 3 heteroatoms. The number of rotatable bonds is 3. The van der Waals surface area contributed by atoms with Gasteiger partial charge in [-0.3, -0.25) is 4.98 Å². The van der Waals surface area contributed by atoms with Gasteiger partial charge in [-0.2, -0.15) is 0 Å². The van der Waals surface area contributed by atoms with Gasteiger partial charge < -0.3 is 10.1 Å². The molecule has 1 aliphatic carbocycles. The van der Waals surface area contributed by atoms with E-state index < -0.39 is 0 Å². The largest absolute Gasteiger partial charge is 0.464 e. The minimum Gasteiger partial charge on any atom is -0.464 e. The lowest BCUT2D eigenvalue weighted by molar-refractivity contribution is 0.417. The quantitative estimate of drug-likeness (QED) is 0.827. The van der Waals surface area contributed by atoms with Gasteiger partial charge in [0.1, 0.15) is 5.75 Å². The Labute approximate surface area is 108 Å². The Morgan fingerprint density at radius 2 is 2.22 bits per heavy atom. The molecule has 18 heavy (non-hydrogen) atoms. The summed E-state index contributed by atoms with van der Waals surface area (Å²) in [7, 11) is 0. The lowest BCUT2D eigenvalue weighted by atomic mass is 9.80. The van der Waals surface area contributed by atoms with Crippen molar-refractivity contribution in [1.82, 2.24) is 10.3 Å². The van der Waals surface area contributed by atoms with Crippen molar-refractivity contribution in [3.05, 3.63) is 42.9 Å². The van der Waals surface area contributed by atoms with Crippen LogP contribution in [0.4, 0.5) is 0 Å². The highest BCUT2D eigenvalue weighted by atomic mass is 16.5. The lowest BCUT2D eigenvalue weighted by Crippen LogP contribution is -2.16. The molecule has 1 N–H and O–H groups in total. The highest BCUT2D eigenvalue weighted by Gasteiger charge is 2.30. The molecule has 0 amide bonds. The van der Waals surface area contributed by atoms with Crippen LogP contribution in [0.5, 0.6) is 5.75 Å². The van der Waals surface area contributed by atoms with Gasteiger partial charge >= 0.3 is 0 Å². The minimum atomic E-state index is 0.759. The lowest BCUT2D eigenvalue weighted by Gasteiger charge is -2.24. The van der Waals surface area contributed by atoms with E-state index in [1.165, 1.54) is 30.4 Å². The smallest absolute Gasteiger partial charge is 0.145 e. The summed E-state index contributed by atoms with van der Waals surface area (Å²) in [6.45, 7) is 5.89. The third-order valence-electron chi connectivity index (χ3n) is 3.93. The van der Waals surface area contributed by atoms with Crippen LogP contribution in [0.3, 0.4) is 0 Å². The van der Waals surface area contributed by atoms with Gasteiger partial charge in [0, 0.05) is 6.20 Å². The predicted molar refractivity (Wildman–Crippen MR) is 72.1 cm³/mol. The fourth-order valence-electron chi connectivity index (χ4n) is 2.95. The van der Waals surface area contributed by atoms with Crippen molar-refractivity contribution in [2.75, 3.05) is 13.1 Å². The minimum absolute atomic E-state index is 0.759. The summed E-state index contributed by atoms with van der Waals surface area (Å²) < 4.78 is 5.29. The number of allylic oxidation sites excluding steroid dienone is 2. The van der Waals surface area contributed by atoms with Gasteiger partial charge in [0.2, 0.25) is 0 Å². The zero-order valence-corrected chi connectivity index (χ0v) is 10.4. The van der Waals surface area contributed by atoms with E-state index in [0.717, 1.165) is 30.6 Å². The van der Waals surface area contributed by atoms with Crippen molar-refractivity contribution in [2.24, 2.45) is 11.8 Å². The highest BCUT2D eigenvalue weighted by Crippen LogP contribution is 2.36. The van der Waals surface area contributed by atoms with Crippen molar-refractivity contribution < 1.29 is 4.74 Å². The molecule has 3 rings (SSSR count). The first-order valence-corrected chi connectivity index (χ1v) is 6.49. The van der Waals surface area contributed by atoms with Gasteiger partial charge in [0.15, 0.2) is 0 Å². The van der Waals surface area contributed by atoms with Crippen LogP contribution in [0.25, 0.3) is 5.57 Å². The van der Waals surface area contributed by atoms with E-state index in [9.17, 15) is 0 Å². The first-order chi connectivity index (χ1) is 8.86. The highest BCUT2D eigenvalue weighted by molar-refractivity contribution is 5.67. The molecule has 1 aliphatic heterocycles. The van der Waals surface area contributed by atoms with Crippen LogP contribution in [-0.4, -0.2) is 18.1 Å². The van der Waals surface area contributed by atoms with E-state index in [0.29, 0.717) is 0 Å².